The molecule has 3 nitrogen and oxygen atoms in total. The zero-order valence-corrected chi connectivity index (χ0v) is 8.66. The van der Waals surface area contributed by atoms with Gasteiger partial charge in [0, 0.05) is 0 Å². The lowest BCUT2D eigenvalue weighted by Gasteiger charge is -2.08. The fraction of sp³-hybridized carbons (Fsp3) is 0.200. The number of nitrogens with zero attached hydrogens (tertiary/aromatic N) is 2. The van der Waals surface area contributed by atoms with Gasteiger partial charge in [0.15, 0.2) is 0 Å². The highest BCUT2D eigenvalue weighted by atomic mass is 32.1. The van der Waals surface area contributed by atoms with Gasteiger partial charge >= 0.3 is 0 Å². The first kappa shape index (κ1) is 9.30. The molecule has 0 saturated carbocycles. The van der Waals surface area contributed by atoms with Crippen LogP contribution in [0.5, 0.6) is 0 Å². The largest absolute Gasteiger partial charge is 0.320 e. The minimum atomic E-state index is -0.101. The molecule has 1 aromatic carbocycles. The number of aromatic nitrogens is 2. The molecule has 0 bridgehead atoms. The summed E-state index contributed by atoms with van der Waals surface area (Å²) in [5, 5.41) is 3.77. The molecule has 0 aliphatic heterocycles. The first-order chi connectivity index (χ1) is 6.77. The molecule has 0 amide bonds. The van der Waals surface area contributed by atoms with Gasteiger partial charge in [0.1, 0.15) is 0 Å². The van der Waals surface area contributed by atoms with Crippen molar-refractivity contribution in [2.75, 3.05) is 0 Å². The number of nitrogens with two attached hydrogens (primary N) is 1. The highest BCUT2D eigenvalue weighted by Gasteiger charge is 2.10. The van der Waals surface area contributed by atoms with E-state index in [1.807, 2.05) is 12.1 Å². The fourth-order valence-electron chi connectivity index (χ4n) is 1.25. The molecule has 1 atom stereocenters. The maximum absolute atomic E-state index is 6.04. The summed E-state index contributed by atoms with van der Waals surface area (Å²) in [7, 11) is 0. The van der Waals surface area contributed by atoms with Crippen molar-refractivity contribution in [3.05, 3.63) is 46.5 Å². The second kappa shape index (κ2) is 3.86. The van der Waals surface area contributed by atoms with Gasteiger partial charge in [-0.1, -0.05) is 34.3 Å². The van der Waals surface area contributed by atoms with Gasteiger partial charge in [0.25, 0.3) is 0 Å². The van der Waals surface area contributed by atoms with Crippen molar-refractivity contribution in [2.24, 2.45) is 5.73 Å². The van der Waals surface area contributed by atoms with Crippen molar-refractivity contribution < 1.29 is 0 Å². The number of hydrogen-bond acceptors (Lipinski definition) is 4. The number of hydrogen-bond donors (Lipinski definition) is 1. The van der Waals surface area contributed by atoms with E-state index in [1.54, 1.807) is 6.20 Å². The number of benzene rings is 1. The summed E-state index contributed by atoms with van der Waals surface area (Å²) in [5.74, 6) is 0. The summed E-state index contributed by atoms with van der Waals surface area (Å²) in [6.07, 6.45) is 1.72. The van der Waals surface area contributed by atoms with Gasteiger partial charge in [0.2, 0.25) is 0 Å². The first-order valence-corrected chi connectivity index (χ1v) is 5.14. The van der Waals surface area contributed by atoms with Crippen molar-refractivity contribution in [3.63, 3.8) is 0 Å². The minimum absolute atomic E-state index is 0.101. The van der Waals surface area contributed by atoms with Crippen LogP contribution in [-0.4, -0.2) is 9.59 Å². The molecule has 1 aromatic heterocycles. The number of rotatable bonds is 2. The number of aryl methyl sites for hydroxylation is 1. The Morgan fingerprint density at radius 3 is 2.57 bits per heavy atom. The Hall–Kier alpha value is -1.26. The van der Waals surface area contributed by atoms with Gasteiger partial charge in [-0.05, 0) is 24.0 Å². The topological polar surface area (TPSA) is 51.8 Å². The average Bonchev–Trinajstić information content (AvgIpc) is 2.71. The summed E-state index contributed by atoms with van der Waals surface area (Å²) in [6, 6.07) is 8.10. The lowest BCUT2D eigenvalue weighted by molar-refractivity contribution is 0.887. The molecule has 2 aromatic rings. The van der Waals surface area contributed by atoms with E-state index in [0.717, 1.165) is 10.4 Å². The second-order valence-electron chi connectivity index (χ2n) is 3.21. The molecule has 2 rings (SSSR count). The van der Waals surface area contributed by atoms with Gasteiger partial charge in [0.05, 0.1) is 17.1 Å². The van der Waals surface area contributed by atoms with Crippen LogP contribution in [0.25, 0.3) is 0 Å². The third-order valence-electron chi connectivity index (χ3n) is 2.12. The van der Waals surface area contributed by atoms with Crippen LogP contribution in [-0.2, 0) is 0 Å². The van der Waals surface area contributed by atoms with E-state index in [1.165, 1.54) is 17.1 Å². The smallest absolute Gasteiger partial charge is 0.0678 e. The highest BCUT2D eigenvalue weighted by molar-refractivity contribution is 7.05. The second-order valence-corrected chi connectivity index (χ2v) is 4.03. The molecule has 2 N–H and O–H groups in total. The van der Waals surface area contributed by atoms with Gasteiger partial charge < -0.3 is 5.73 Å². The minimum Gasteiger partial charge on any atom is -0.320 e. The molecule has 4 heteroatoms. The quantitative estimate of drug-likeness (QED) is 0.814. The molecule has 0 spiro atoms. The average molecular weight is 205 g/mol. The van der Waals surface area contributed by atoms with E-state index in [-0.39, 0.29) is 6.04 Å². The Balaban J connectivity index is 2.28. The standard InChI is InChI=1S/C10H11N3S/c1-7-2-4-8(5-3-7)10(11)9-6-12-13-14-9/h2-6,10H,11H2,1H3. The molecule has 1 heterocycles. The third kappa shape index (κ3) is 1.81. The summed E-state index contributed by atoms with van der Waals surface area (Å²) >= 11 is 1.34. The van der Waals surface area contributed by atoms with Crippen LogP contribution < -0.4 is 5.73 Å². The normalized spacial score (nSPS) is 12.7. The van der Waals surface area contributed by atoms with Crippen LogP contribution in [0.3, 0.4) is 0 Å². The van der Waals surface area contributed by atoms with Crippen molar-refractivity contribution >= 4 is 11.5 Å². The van der Waals surface area contributed by atoms with Gasteiger partial charge in [-0.3, -0.25) is 0 Å². The molecule has 72 valence electrons. The Labute approximate surface area is 86.7 Å². The first-order valence-electron chi connectivity index (χ1n) is 4.37. The van der Waals surface area contributed by atoms with Crippen LogP contribution in [0.15, 0.2) is 30.5 Å². The summed E-state index contributed by atoms with van der Waals surface area (Å²) in [6.45, 7) is 2.06. The fourth-order valence-corrected chi connectivity index (χ4v) is 1.78. The van der Waals surface area contributed by atoms with E-state index in [2.05, 4.69) is 28.6 Å². The summed E-state index contributed by atoms with van der Waals surface area (Å²) in [5.41, 5.74) is 8.38. The molecular formula is C10H11N3S. The Bertz CT molecular complexity index is 394. The van der Waals surface area contributed by atoms with E-state index in [4.69, 9.17) is 5.73 Å². The van der Waals surface area contributed by atoms with Crippen molar-refractivity contribution in [3.8, 4) is 0 Å². The van der Waals surface area contributed by atoms with E-state index >= 15 is 0 Å². The molecule has 0 radical (unpaired) electrons. The van der Waals surface area contributed by atoms with Crippen LogP contribution >= 0.6 is 11.5 Å². The molecule has 0 saturated heterocycles. The molecule has 1 unspecified atom stereocenters. The van der Waals surface area contributed by atoms with Gasteiger partial charge in [-0.25, -0.2) is 0 Å². The predicted octanol–water partition coefficient (Wildman–Crippen LogP) is 1.89. The molecular weight excluding hydrogens is 194 g/mol. The molecule has 0 aliphatic carbocycles. The summed E-state index contributed by atoms with van der Waals surface area (Å²) in [4.78, 5) is 0.994. The SMILES string of the molecule is Cc1ccc(C(N)c2cnns2)cc1. The van der Waals surface area contributed by atoms with Gasteiger partial charge in [-0.2, -0.15) is 0 Å². The summed E-state index contributed by atoms with van der Waals surface area (Å²) < 4.78 is 3.80. The Kier molecular flexibility index (Phi) is 2.56. The van der Waals surface area contributed by atoms with Crippen LogP contribution in [0.1, 0.15) is 22.0 Å². The third-order valence-corrected chi connectivity index (χ3v) is 2.87. The van der Waals surface area contributed by atoms with Crippen molar-refractivity contribution in [2.45, 2.75) is 13.0 Å². The Morgan fingerprint density at radius 1 is 1.29 bits per heavy atom. The molecule has 0 fully saturated rings. The van der Waals surface area contributed by atoms with Gasteiger partial charge in [-0.15, -0.1) is 5.10 Å². The van der Waals surface area contributed by atoms with E-state index in [9.17, 15) is 0 Å². The zero-order valence-electron chi connectivity index (χ0n) is 7.84. The molecule has 0 aliphatic rings. The van der Waals surface area contributed by atoms with E-state index < -0.39 is 0 Å². The Morgan fingerprint density at radius 2 is 2.00 bits per heavy atom. The van der Waals surface area contributed by atoms with Crippen LogP contribution in [0.2, 0.25) is 0 Å². The maximum atomic E-state index is 6.04. The van der Waals surface area contributed by atoms with E-state index in [0.29, 0.717) is 0 Å². The predicted molar refractivity (Wildman–Crippen MR) is 57.1 cm³/mol. The zero-order chi connectivity index (χ0) is 9.97. The van der Waals surface area contributed by atoms with Crippen molar-refractivity contribution in [1.82, 2.24) is 9.59 Å². The van der Waals surface area contributed by atoms with Crippen molar-refractivity contribution in [1.29, 1.82) is 0 Å². The monoisotopic (exact) mass is 205 g/mol. The maximum Gasteiger partial charge on any atom is 0.0678 e. The highest BCUT2D eigenvalue weighted by Crippen LogP contribution is 2.21. The lowest BCUT2D eigenvalue weighted by Crippen LogP contribution is -2.09. The van der Waals surface area contributed by atoms with Crippen LogP contribution in [0, 0.1) is 6.92 Å². The lowest BCUT2D eigenvalue weighted by atomic mass is 10.1. The molecule has 14 heavy (non-hydrogen) atoms. The van der Waals surface area contributed by atoms with Crippen LogP contribution in [0.4, 0.5) is 0 Å².